The van der Waals surface area contributed by atoms with Crippen molar-refractivity contribution in [1.29, 1.82) is 0 Å². The van der Waals surface area contributed by atoms with Gasteiger partial charge in [-0.25, -0.2) is 0 Å². The quantitative estimate of drug-likeness (QED) is 0.414. The van der Waals surface area contributed by atoms with E-state index in [0.29, 0.717) is 12.8 Å². The van der Waals surface area contributed by atoms with Gasteiger partial charge >= 0.3 is 5.97 Å². The zero-order valence-electron chi connectivity index (χ0n) is 14.2. The van der Waals surface area contributed by atoms with Crippen LogP contribution in [-0.4, -0.2) is 30.4 Å². The summed E-state index contributed by atoms with van der Waals surface area (Å²) >= 11 is 0. The molecule has 0 spiro atoms. The van der Waals surface area contributed by atoms with Crippen molar-refractivity contribution < 1.29 is 23.9 Å². The summed E-state index contributed by atoms with van der Waals surface area (Å²) in [5.41, 5.74) is -1.42. The van der Waals surface area contributed by atoms with Crippen LogP contribution < -0.4 is 0 Å². The number of carbonyl (C=O) groups is 4. The van der Waals surface area contributed by atoms with Crippen molar-refractivity contribution in [1.82, 2.24) is 0 Å². The summed E-state index contributed by atoms with van der Waals surface area (Å²) in [6.45, 7) is 3.68. The van der Waals surface area contributed by atoms with E-state index in [-0.39, 0.29) is 41.0 Å². The fourth-order valence-electron chi connectivity index (χ4n) is 6.10. The third-order valence-corrected chi connectivity index (χ3v) is 7.07. The monoisotopic (exact) mass is 330 g/mol. The highest BCUT2D eigenvalue weighted by Crippen LogP contribution is 2.62. The van der Waals surface area contributed by atoms with E-state index in [2.05, 4.69) is 0 Å². The number of carbonyl (C=O) groups excluding carboxylic acids is 4. The molecular weight excluding hydrogens is 308 g/mol. The van der Waals surface area contributed by atoms with E-state index < -0.39 is 29.1 Å². The van der Waals surface area contributed by atoms with Gasteiger partial charge in [-0.05, 0) is 24.2 Å². The van der Waals surface area contributed by atoms with Gasteiger partial charge in [0.2, 0.25) is 0 Å². The molecule has 0 N–H and O–H groups in total. The normalized spacial score (nSPS) is 49.1. The van der Waals surface area contributed by atoms with Crippen LogP contribution in [0.25, 0.3) is 0 Å². The van der Waals surface area contributed by atoms with E-state index in [0.717, 1.165) is 0 Å². The molecule has 0 aliphatic heterocycles. The Labute approximate surface area is 140 Å². The minimum Gasteiger partial charge on any atom is -0.468 e. The first-order chi connectivity index (χ1) is 11.4. The molecule has 0 radical (unpaired) electrons. The number of ketones is 3. The van der Waals surface area contributed by atoms with Crippen molar-refractivity contribution in [3.05, 3.63) is 12.2 Å². The Kier molecular flexibility index (Phi) is 3.19. The van der Waals surface area contributed by atoms with E-state index >= 15 is 0 Å². The molecular formula is C19H22O5. The number of methoxy groups -OCH3 is 1. The highest BCUT2D eigenvalue weighted by atomic mass is 16.5. The highest BCUT2D eigenvalue weighted by molar-refractivity contribution is 6.16. The molecule has 24 heavy (non-hydrogen) atoms. The number of ether oxygens (including phenoxy) is 1. The van der Waals surface area contributed by atoms with Gasteiger partial charge in [0.15, 0.2) is 5.78 Å². The summed E-state index contributed by atoms with van der Waals surface area (Å²) < 4.78 is 5.02. The third-order valence-electron chi connectivity index (χ3n) is 7.07. The smallest absolute Gasteiger partial charge is 0.320 e. The minimum atomic E-state index is -1.42. The van der Waals surface area contributed by atoms with E-state index in [1.165, 1.54) is 7.11 Å². The van der Waals surface area contributed by atoms with Crippen LogP contribution in [0.4, 0.5) is 0 Å². The largest absolute Gasteiger partial charge is 0.468 e. The number of hydrogen-bond acceptors (Lipinski definition) is 5. The van der Waals surface area contributed by atoms with Crippen molar-refractivity contribution in [3.8, 4) is 0 Å². The van der Waals surface area contributed by atoms with Crippen LogP contribution in [0, 0.1) is 46.8 Å². The van der Waals surface area contributed by atoms with Gasteiger partial charge in [-0.1, -0.05) is 26.0 Å². The minimum absolute atomic E-state index is 0.0748. The first-order valence-corrected chi connectivity index (χ1v) is 8.73. The number of Topliss-reactive ketones (excluding diaryl/α,β-unsaturated/α-hetero) is 3. The fourth-order valence-corrected chi connectivity index (χ4v) is 6.10. The number of rotatable bonds is 1. The Bertz CT molecular complexity index is 692. The van der Waals surface area contributed by atoms with Crippen LogP contribution in [0.2, 0.25) is 0 Å². The molecule has 0 heterocycles. The highest BCUT2D eigenvalue weighted by Gasteiger charge is 2.72. The lowest BCUT2D eigenvalue weighted by Crippen LogP contribution is -2.65. The molecule has 4 aliphatic rings. The van der Waals surface area contributed by atoms with Crippen molar-refractivity contribution >= 4 is 23.3 Å². The van der Waals surface area contributed by atoms with E-state index in [9.17, 15) is 19.2 Å². The Hall–Kier alpha value is -1.78. The summed E-state index contributed by atoms with van der Waals surface area (Å²) in [5.74, 6) is -3.44. The Balaban J connectivity index is 1.91. The Morgan fingerprint density at radius 1 is 1.17 bits per heavy atom. The second-order valence-electron chi connectivity index (χ2n) is 7.96. The molecule has 5 nitrogen and oxygen atoms in total. The predicted octanol–water partition coefficient (Wildman–Crippen LogP) is 1.60. The van der Waals surface area contributed by atoms with Gasteiger partial charge in [0.1, 0.15) is 17.0 Å². The number of fused-ring (bicyclic) bond motifs is 6. The van der Waals surface area contributed by atoms with Crippen LogP contribution in [0.15, 0.2) is 12.2 Å². The topological polar surface area (TPSA) is 77.5 Å². The molecule has 0 aromatic carbocycles. The molecule has 2 bridgehead atoms. The molecule has 3 fully saturated rings. The summed E-state index contributed by atoms with van der Waals surface area (Å²) in [7, 11) is 1.28. The molecule has 0 aromatic rings. The summed E-state index contributed by atoms with van der Waals surface area (Å²) in [6.07, 6.45) is 4.76. The zero-order chi connectivity index (χ0) is 17.4. The molecule has 3 saturated carbocycles. The maximum absolute atomic E-state index is 13.6. The van der Waals surface area contributed by atoms with Crippen LogP contribution in [-0.2, 0) is 23.9 Å². The van der Waals surface area contributed by atoms with E-state index in [1.807, 2.05) is 26.0 Å². The second kappa shape index (κ2) is 4.87. The third kappa shape index (κ3) is 1.56. The average molecular weight is 330 g/mol. The van der Waals surface area contributed by atoms with Crippen LogP contribution in [0.3, 0.4) is 0 Å². The van der Waals surface area contributed by atoms with Crippen LogP contribution in [0.1, 0.15) is 26.7 Å². The molecule has 8 unspecified atom stereocenters. The second-order valence-corrected chi connectivity index (χ2v) is 7.96. The molecule has 0 saturated heterocycles. The van der Waals surface area contributed by atoms with Crippen molar-refractivity contribution in [3.63, 3.8) is 0 Å². The molecule has 5 heteroatoms. The molecule has 0 amide bonds. The van der Waals surface area contributed by atoms with Gasteiger partial charge in [-0.3, -0.25) is 19.2 Å². The van der Waals surface area contributed by atoms with Gasteiger partial charge in [0, 0.05) is 30.1 Å². The number of hydrogen-bond donors (Lipinski definition) is 0. The lowest BCUT2D eigenvalue weighted by molar-refractivity contribution is -0.180. The molecule has 0 aromatic heterocycles. The van der Waals surface area contributed by atoms with Crippen molar-refractivity contribution in [2.75, 3.05) is 7.11 Å². The summed E-state index contributed by atoms with van der Waals surface area (Å²) in [6, 6.07) is 0. The predicted molar refractivity (Wildman–Crippen MR) is 83.6 cm³/mol. The van der Waals surface area contributed by atoms with E-state index in [4.69, 9.17) is 4.74 Å². The number of allylic oxidation sites excluding steroid dienone is 2. The van der Waals surface area contributed by atoms with E-state index in [1.54, 1.807) is 0 Å². The van der Waals surface area contributed by atoms with Gasteiger partial charge in [-0.2, -0.15) is 0 Å². The Morgan fingerprint density at radius 2 is 1.88 bits per heavy atom. The maximum atomic E-state index is 13.6. The lowest BCUT2D eigenvalue weighted by atomic mass is 9.47. The molecule has 8 atom stereocenters. The van der Waals surface area contributed by atoms with Crippen LogP contribution >= 0.6 is 0 Å². The molecule has 4 aliphatic carbocycles. The van der Waals surface area contributed by atoms with Gasteiger partial charge in [-0.15, -0.1) is 0 Å². The fraction of sp³-hybridized carbons (Fsp3) is 0.684. The van der Waals surface area contributed by atoms with Crippen molar-refractivity contribution in [2.45, 2.75) is 26.7 Å². The maximum Gasteiger partial charge on any atom is 0.320 e. The summed E-state index contributed by atoms with van der Waals surface area (Å²) in [4.78, 5) is 51.9. The van der Waals surface area contributed by atoms with Gasteiger partial charge in [0.25, 0.3) is 0 Å². The Morgan fingerprint density at radius 3 is 2.54 bits per heavy atom. The first-order valence-electron chi connectivity index (χ1n) is 8.73. The zero-order valence-corrected chi connectivity index (χ0v) is 14.2. The van der Waals surface area contributed by atoms with Crippen LogP contribution in [0.5, 0.6) is 0 Å². The average Bonchev–Trinajstić information content (AvgIpc) is 3.11. The van der Waals surface area contributed by atoms with Crippen molar-refractivity contribution in [2.24, 2.45) is 46.8 Å². The van der Waals surface area contributed by atoms with Gasteiger partial charge in [0.05, 0.1) is 7.11 Å². The first kappa shape index (κ1) is 15.7. The molecule has 128 valence electrons. The summed E-state index contributed by atoms with van der Waals surface area (Å²) in [5, 5.41) is 0. The molecule has 4 rings (SSSR count). The number of esters is 1. The lowest BCUT2D eigenvalue weighted by Gasteiger charge is -2.52. The van der Waals surface area contributed by atoms with Gasteiger partial charge < -0.3 is 4.74 Å². The SMILES string of the molecule is COC(=O)C12C(=O)C3C4CC(=O)C(C4)C3C(=O)C1C(C)C=CC2C. The standard InChI is InChI=1S/C19H22O5/c1-8-4-5-9(2)19(18(23)24-3)15(8)16(21)14-11-6-10(7-12(11)20)13(14)17(19)22/h4-5,8-11,13-15H,6-7H2,1-3H3.